The van der Waals surface area contributed by atoms with Gasteiger partial charge in [0.05, 0.1) is 22.7 Å². The zero-order chi connectivity index (χ0) is 53.6. The van der Waals surface area contributed by atoms with Crippen LogP contribution in [0, 0.1) is 80.5 Å². The smallest absolute Gasteiger partial charge is 0.329 e. The van der Waals surface area contributed by atoms with Crippen molar-refractivity contribution in [1.82, 2.24) is 30.2 Å². The average Bonchev–Trinajstić information content (AvgIpc) is 4.13. The first kappa shape index (κ1) is 59.2. The first-order valence-corrected chi connectivity index (χ1v) is 27.2. The summed E-state index contributed by atoms with van der Waals surface area (Å²) in [6.07, 6.45) is 6.86. The van der Waals surface area contributed by atoms with E-state index in [1.54, 1.807) is 0 Å². The van der Waals surface area contributed by atoms with Gasteiger partial charge in [-0.05, 0) is 112 Å². The molecule has 4 fully saturated rings. The fourth-order valence-electron chi connectivity index (χ4n) is 13.1. The van der Waals surface area contributed by atoms with Crippen molar-refractivity contribution in [3.63, 3.8) is 0 Å². The van der Waals surface area contributed by atoms with E-state index in [0.717, 1.165) is 94.1 Å². The van der Waals surface area contributed by atoms with E-state index in [2.05, 4.69) is 44.6 Å². The minimum Gasteiger partial charge on any atom is -0.488 e. The van der Waals surface area contributed by atoms with Crippen LogP contribution in [-0.4, -0.2) is 114 Å². The van der Waals surface area contributed by atoms with Gasteiger partial charge in [0.15, 0.2) is 17.4 Å². The number of aliphatic hydroxyl groups is 1. The summed E-state index contributed by atoms with van der Waals surface area (Å²) in [7, 11) is 1.88. The molecule has 424 valence electrons. The number of anilines is 1. The summed E-state index contributed by atoms with van der Waals surface area (Å²) in [4.78, 5) is 57.4. The van der Waals surface area contributed by atoms with E-state index < -0.39 is 35.1 Å². The third-order valence-electron chi connectivity index (χ3n) is 17.1. The number of halogens is 3. The van der Waals surface area contributed by atoms with E-state index in [1.807, 2.05) is 55.1 Å². The molecule has 19 heteroatoms. The maximum atomic E-state index is 16.5. The predicted molar refractivity (Wildman–Crippen MR) is 293 cm³/mol. The van der Waals surface area contributed by atoms with Crippen LogP contribution in [0.2, 0.25) is 5.02 Å². The molecule has 4 aromatic carbocycles. The molecule has 10 rings (SSSR count). The van der Waals surface area contributed by atoms with Crippen LogP contribution in [0.15, 0.2) is 66.7 Å². The summed E-state index contributed by atoms with van der Waals surface area (Å²) < 4.78 is 46.4. The molecule has 1 saturated carbocycles. The zero-order valence-electron chi connectivity index (χ0n) is 44.8. The molecule has 5 amide bonds. The van der Waals surface area contributed by atoms with E-state index in [9.17, 15) is 24.3 Å². The Bertz CT molecular complexity index is 3040. The van der Waals surface area contributed by atoms with Crippen LogP contribution < -0.4 is 30.7 Å². The maximum Gasteiger partial charge on any atom is 0.329 e. The second kappa shape index (κ2) is 24.5. The molecular formula is C59H71ClErF2N8O7-2. The van der Waals surface area contributed by atoms with Gasteiger partial charge >= 0.3 is 6.03 Å². The van der Waals surface area contributed by atoms with Gasteiger partial charge in [0.1, 0.15) is 23.8 Å². The van der Waals surface area contributed by atoms with Gasteiger partial charge < -0.3 is 49.8 Å². The second-order valence-electron chi connectivity index (χ2n) is 22.0. The number of amides is 5. The van der Waals surface area contributed by atoms with Crippen molar-refractivity contribution in [3.8, 4) is 22.6 Å². The van der Waals surface area contributed by atoms with Crippen molar-refractivity contribution in [3.05, 3.63) is 120 Å². The van der Waals surface area contributed by atoms with E-state index >= 15 is 8.78 Å². The number of likely N-dealkylation sites (tertiary alicyclic amines) is 2. The molecule has 0 bridgehead atoms. The molecule has 1 aliphatic carbocycles. The summed E-state index contributed by atoms with van der Waals surface area (Å²) in [5.74, 6) is -2.08. The molecule has 1 unspecified atom stereocenters. The topological polar surface area (TPSA) is 185 Å². The Hall–Kier alpha value is -4.89. The normalized spacial score (nSPS) is 24.7. The van der Waals surface area contributed by atoms with Crippen molar-refractivity contribution in [2.24, 2.45) is 30.0 Å². The van der Waals surface area contributed by atoms with Crippen LogP contribution in [0.5, 0.6) is 11.5 Å². The van der Waals surface area contributed by atoms with Gasteiger partial charge in [-0.3, -0.25) is 29.3 Å². The van der Waals surface area contributed by atoms with Crippen molar-refractivity contribution >= 4 is 52.1 Å². The maximum absolute atomic E-state index is 16.5. The molecule has 78 heavy (non-hydrogen) atoms. The number of hydrogen-bond donors (Lipinski definition) is 4. The number of primary amides is 1. The van der Waals surface area contributed by atoms with E-state index in [0.29, 0.717) is 36.8 Å². The second-order valence-corrected chi connectivity index (χ2v) is 22.4. The first-order chi connectivity index (χ1) is 36.5. The van der Waals surface area contributed by atoms with Crippen LogP contribution in [0.1, 0.15) is 111 Å². The number of nitrogens with zero attached hydrogens (tertiary/aromatic N) is 5. The van der Waals surface area contributed by atoms with Gasteiger partial charge in [-0.15, -0.1) is 5.41 Å². The quantitative estimate of drug-likeness (QED) is 0.0738. The van der Waals surface area contributed by atoms with Gasteiger partial charge in [0, 0.05) is 129 Å². The van der Waals surface area contributed by atoms with E-state index in [-0.39, 0.29) is 133 Å². The Morgan fingerprint density at radius 3 is 2.40 bits per heavy atom. The van der Waals surface area contributed by atoms with Crippen molar-refractivity contribution < 1.29 is 79.8 Å². The third-order valence-corrected chi connectivity index (χ3v) is 17.4. The molecule has 3 saturated heterocycles. The van der Waals surface area contributed by atoms with Crippen LogP contribution in [0.4, 0.5) is 19.4 Å². The Morgan fingerprint density at radius 2 is 1.72 bits per heavy atom. The molecule has 5 N–H and O–H groups in total. The monoisotopic (exact) mass is 1240 g/mol. The molecule has 0 spiro atoms. The van der Waals surface area contributed by atoms with Gasteiger partial charge in [-0.1, -0.05) is 61.8 Å². The average molecular weight is 1240 g/mol. The molecular weight excluding hydrogens is 1170 g/mol. The number of nitrogens with one attached hydrogen (secondary N) is 2. The van der Waals surface area contributed by atoms with Gasteiger partial charge in [-0.25, -0.2) is 13.6 Å². The standard InChI is InChI=1S/C58H68ClF2N8O7.CH3.Er/c1-34-48-46(31-43(60)51(59)50(48)49-41(53(62)72)16-17-45(52(49)61)75-29-28-70)76-58(34,38-8-6-5-7-9-38)22-23-63-39-13-10-36(11-14-39)55(73)68-25-18-35(19-26-68)32-67-24-20-42(57(2,3)33-67)37-12-15-40-44(30-37)66(4)65-54(40)69-27-21-47(71)64-56(69)74;;/h5-9,12,15-17,30-31,34-36,39,42,63,70H,2,10-11,13-14,18-29,32-33H2,1,3-4H3,(H2,62,72)(H,64,71,74);1H3;/q2*-1;/t34-,36?,39?,42?,57-,58-;;/m0../s1. The number of hydrogen-bond acceptors (Lipinski definition) is 10. The number of aryl methyl sites for hydroxylation is 1. The summed E-state index contributed by atoms with van der Waals surface area (Å²) in [6, 6.07) is 19.5. The Balaban J connectivity index is 0.00000401. The Kier molecular flexibility index (Phi) is 18.6. The molecule has 15 nitrogen and oxygen atoms in total. The fourth-order valence-corrected chi connectivity index (χ4v) is 13.3. The van der Waals surface area contributed by atoms with Crippen molar-refractivity contribution in [2.45, 2.75) is 95.1 Å². The fraction of sp³-hybridized carbons (Fsp3) is 0.475. The number of aromatic nitrogens is 2. The van der Waals surface area contributed by atoms with Crippen LogP contribution in [-0.2, 0) is 22.2 Å². The number of carbonyl (C=O) groups excluding carboxylic acids is 4. The summed E-state index contributed by atoms with van der Waals surface area (Å²) >= 11 is 6.73. The molecule has 1 aromatic heterocycles. The summed E-state index contributed by atoms with van der Waals surface area (Å²) in [5.41, 5.74) is 7.37. The number of ether oxygens (including phenoxy) is 2. The molecule has 4 atom stereocenters. The first-order valence-electron chi connectivity index (χ1n) is 26.8. The number of imide groups is 1. The molecule has 0 radical (unpaired) electrons. The largest absolute Gasteiger partial charge is 0.488 e. The van der Waals surface area contributed by atoms with Crippen LogP contribution in [0.25, 0.3) is 22.0 Å². The van der Waals surface area contributed by atoms with Crippen LogP contribution in [0.3, 0.4) is 0 Å². The third kappa shape index (κ3) is 11.5. The number of nitrogens with two attached hydrogens (primary N) is 1. The summed E-state index contributed by atoms with van der Waals surface area (Å²) in [6.45, 7) is 13.5. The van der Waals surface area contributed by atoms with Gasteiger partial charge in [0.2, 0.25) is 17.7 Å². The Labute approximate surface area is 490 Å². The molecule has 5 aliphatic rings. The number of aliphatic hydroxyl groups excluding tert-OH is 1. The Morgan fingerprint density at radius 1 is 0.987 bits per heavy atom. The van der Waals surface area contributed by atoms with Gasteiger partial charge in [-0.2, -0.15) is 5.10 Å². The number of piperidine rings is 2. The van der Waals surface area contributed by atoms with Crippen molar-refractivity contribution in [1.29, 1.82) is 0 Å². The number of carbonyl (C=O) groups is 4. The summed E-state index contributed by atoms with van der Waals surface area (Å²) in [5, 5.41) is 20.7. The van der Waals surface area contributed by atoms with E-state index in [4.69, 9.17) is 33.7 Å². The number of benzene rings is 4. The molecule has 5 heterocycles. The number of urea groups is 1. The zero-order valence-corrected chi connectivity index (χ0v) is 47.4. The number of fused-ring (bicyclic) bond motifs is 2. The van der Waals surface area contributed by atoms with Crippen molar-refractivity contribution in [2.75, 3.05) is 63.9 Å². The molecule has 5 aromatic rings. The van der Waals surface area contributed by atoms with Crippen LogP contribution >= 0.6 is 11.6 Å². The SMILES string of the molecule is [CH2-][C@]1(C)CN(CC2CCN(C(=O)C3CCC(NCC[C@]4(c5ccccc5)Oc5cc(F)c(Cl)c(-c6c(C(N)=O)ccc(OCCO)c6F)c5[C@@H]4C)CC3)CC2)CCC1c1ccc2c(N3CCC(=O)NC3=O)nn(C)c2c1.[CH3-].[Er]. The molecule has 4 aliphatic heterocycles. The minimum atomic E-state index is -1.04. The van der Waals surface area contributed by atoms with E-state index in [1.165, 1.54) is 28.7 Å². The number of rotatable bonds is 15. The predicted octanol–water partition coefficient (Wildman–Crippen LogP) is 9.04. The minimum absolute atomic E-state index is 0. The van der Waals surface area contributed by atoms with Gasteiger partial charge in [0.25, 0.3) is 0 Å².